The summed E-state index contributed by atoms with van der Waals surface area (Å²) in [5.74, 6) is 1.53. The monoisotopic (exact) mass is 188 g/mol. The molecule has 0 aliphatic rings. The molecule has 12 heavy (non-hydrogen) atoms. The molecule has 0 N–H and O–H groups in total. The third-order valence-corrected chi connectivity index (χ3v) is 2.92. The van der Waals surface area contributed by atoms with E-state index >= 15 is 0 Å². The minimum atomic E-state index is 0.703. The van der Waals surface area contributed by atoms with E-state index in [1.807, 2.05) is 0 Å². The van der Waals surface area contributed by atoms with Gasteiger partial charge in [-0.15, -0.1) is 11.6 Å². The first kappa shape index (κ1) is 12.4. The molecule has 0 rings (SSSR count). The van der Waals surface area contributed by atoms with E-state index in [1.54, 1.807) is 0 Å². The highest BCUT2D eigenvalue weighted by atomic mass is 35.5. The third-order valence-electron chi connectivity index (χ3n) is 2.39. The molecule has 0 saturated carbocycles. The molecular weight excluding hydrogens is 166 g/mol. The summed E-state index contributed by atoms with van der Waals surface area (Å²) in [6.45, 7) is 7.72. The van der Waals surface area contributed by atoms with Crippen molar-refractivity contribution < 1.29 is 0 Å². The molecule has 0 spiro atoms. The van der Waals surface area contributed by atoms with Gasteiger partial charge in [-0.2, -0.15) is 0 Å². The van der Waals surface area contributed by atoms with Crippen LogP contribution in [0.2, 0.25) is 19.0 Å². The van der Waals surface area contributed by atoms with Crippen molar-refractivity contribution >= 4 is 18.3 Å². The van der Waals surface area contributed by atoms with Crippen LogP contribution in [-0.4, -0.2) is 12.6 Å². The lowest BCUT2D eigenvalue weighted by atomic mass is 9.40. The second kappa shape index (κ2) is 7.98. The SMILES string of the molecule is CCCB(CCC)CC(C)CCl. The second-order valence-electron chi connectivity index (χ2n) is 3.94. The summed E-state index contributed by atoms with van der Waals surface area (Å²) in [5.41, 5.74) is 0. The average molecular weight is 189 g/mol. The maximum atomic E-state index is 5.80. The summed E-state index contributed by atoms with van der Waals surface area (Å²) in [6.07, 6.45) is 6.73. The van der Waals surface area contributed by atoms with Crippen LogP contribution in [0.15, 0.2) is 0 Å². The minimum absolute atomic E-state index is 0.703. The first-order chi connectivity index (χ1) is 5.74. The molecule has 0 aromatic rings. The fraction of sp³-hybridized carbons (Fsp3) is 1.00. The van der Waals surface area contributed by atoms with Crippen LogP contribution in [0.1, 0.15) is 33.6 Å². The second-order valence-corrected chi connectivity index (χ2v) is 4.25. The van der Waals surface area contributed by atoms with Gasteiger partial charge in [-0.1, -0.05) is 52.6 Å². The highest BCUT2D eigenvalue weighted by Crippen LogP contribution is 2.17. The fourth-order valence-electron chi connectivity index (χ4n) is 1.83. The van der Waals surface area contributed by atoms with Gasteiger partial charge in [0.05, 0.1) is 0 Å². The van der Waals surface area contributed by atoms with Crippen molar-refractivity contribution in [1.29, 1.82) is 0 Å². The number of halogens is 1. The van der Waals surface area contributed by atoms with E-state index in [1.165, 1.54) is 31.8 Å². The zero-order chi connectivity index (χ0) is 9.40. The summed E-state index contributed by atoms with van der Waals surface area (Å²) in [4.78, 5) is 0. The molecule has 0 aromatic heterocycles. The molecule has 1 atom stereocenters. The van der Waals surface area contributed by atoms with Crippen LogP contribution in [0.25, 0.3) is 0 Å². The lowest BCUT2D eigenvalue weighted by Crippen LogP contribution is -2.15. The Labute approximate surface area is 83.1 Å². The standard InChI is InChI=1S/C10H22BCl/c1-4-6-11(7-5-2)8-10(3)9-12/h10H,4-9H2,1-3H3. The van der Waals surface area contributed by atoms with Gasteiger partial charge in [0.1, 0.15) is 6.71 Å². The van der Waals surface area contributed by atoms with Crippen LogP contribution in [-0.2, 0) is 0 Å². The van der Waals surface area contributed by atoms with Crippen molar-refractivity contribution in [2.75, 3.05) is 5.88 Å². The molecule has 0 radical (unpaired) electrons. The summed E-state index contributed by atoms with van der Waals surface area (Å²) < 4.78 is 0. The minimum Gasteiger partial charge on any atom is -0.126 e. The van der Waals surface area contributed by atoms with Crippen molar-refractivity contribution in [3.05, 3.63) is 0 Å². The summed E-state index contributed by atoms with van der Waals surface area (Å²) in [6, 6.07) is 0. The van der Waals surface area contributed by atoms with Crippen molar-refractivity contribution in [3.8, 4) is 0 Å². The predicted molar refractivity (Wildman–Crippen MR) is 60.6 cm³/mol. The van der Waals surface area contributed by atoms with Crippen molar-refractivity contribution in [2.24, 2.45) is 5.92 Å². The smallest absolute Gasteiger partial charge is 0.126 e. The molecule has 0 amide bonds. The topological polar surface area (TPSA) is 0 Å². The fourth-order valence-corrected chi connectivity index (χ4v) is 1.95. The molecule has 0 saturated heterocycles. The molecule has 0 nitrogen and oxygen atoms in total. The Morgan fingerprint density at radius 3 is 2.00 bits per heavy atom. The van der Waals surface area contributed by atoms with Crippen LogP contribution < -0.4 is 0 Å². The van der Waals surface area contributed by atoms with Gasteiger partial charge < -0.3 is 0 Å². The molecule has 0 bridgehead atoms. The number of rotatable bonds is 7. The molecule has 0 heterocycles. The molecule has 72 valence electrons. The maximum Gasteiger partial charge on any atom is 0.140 e. The zero-order valence-electron chi connectivity index (χ0n) is 8.78. The Morgan fingerprint density at radius 2 is 1.67 bits per heavy atom. The van der Waals surface area contributed by atoms with E-state index < -0.39 is 0 Å². The zero-order valence-corrected chi connectivity index (χ0v) is 9.53. The Kier molecular flexibility index (Phi) is 8.21. The summed E-state index contributed by atoms with van der Waals surface area (Å²) in [7, 11) is 0. The largest absolute Gasteiger partial charge is 0.140 e. The molecule has 0 aromatic carbocycles. The Hall–Kier alpha value is 0.355. The average Bonchev–Trinajstić information content (AvgIpc) is 2.05. The Balaban J connectivity index is 3.61. The molecule has 1 unspecified atom stereocenters. The van der Waals surface area contributed by atoms with Crippen LogP contribution in [0.5, 0.6) is 0 Å². The summed E-state index contributed by atoms with van der Waals surface area (Å²) in [5, 5.41) is 0. The van der Waals surface area contributed by atoms with Gasteiger partial charge in [0, 0.05) is 5.88 Å². The molecule has 2 heteroatoms. The van der Waals surface area contributed by atoms with E-state index in [0.29, 0.717) is 5.92 Å². The van der Waals surface area contributed by atoms with Gasteiger partial charge in [0.2, 0.25) is 0 Å². The third kappa shape index (κ3) is 5.94. The molecule has 0 aliphatic heterocycles. The van der Waals surface area contributed by atoms with Crippen molar-refractivity contribution in [1.82, 2.24) is 0 Å². The van der Waals surface area contributed by atoms with E-state index in [-0.39, 0.29) is 0 Å². The molecular formula is C10H22BCl. The lowest BCUT2D eigenvalue weighted by molar-refractivity contribution is 0.726. The quantitative estimate of drug-likeness (QED) is 0.415. The van der Waals surface area contributed by atoms with E-state index in [9.17, 15) is 0 Å². The van der Waals surface area contributed by atoms with E-state index in [2.05, 4.69) is 20.8 Å². The van der Waals surface area contributed by atoms with Crippen LogP contribution in [0.4, 0.5) is 0 Å². The Morgan fingerprint density at radius 1 is 1.17 bits per heavy atom. The number of hydrogen-bond donors (Lipinski definition) is 0. The predicted octanol–water partition coefficient (Wildman–Crippen LogP) is 4.18. The van der Waals surface area contributed by atoms with Gasteiger partial charge in [0.15, 0.2) is 0 Å². The normalized spacial score (nSPS) is 13.0. The molecule has 0 aliphatic carbocycles. The highest BCUT2D eigenvalue weighted by Gasteiger charge is 2.14. The molecule has 0 fully saturated rings. The van der Waals surface area contributed by atoms with Crippen LogP contribution >= 0.6 is 11.6 Å². The van der Waals surface area contributed by atoms with E-state index in [4.69, 9.17) is 11.6 Å². The first-order valence-corrected chi connectivity index (χ1v) is 5.83. The maximum absolute atomic E-state index is 5.80. The highest BCUT2D eigenvalue weighted by molar-refractivity contribution is 6.58. The van der Waals surface area contributed by atoms with Gasteiger partial charge >= 0.3 is 0 Å². The van der Waals surface area contributed by atoms with Gasteiger partial charge in [-0.05, 0) is 5.92 Å². The van der Waals surface area contributed by atoms with E-state index in [0.717, 1.165) is 12.6 Å². The van der Waals surface area contributed by atoms with Crippen molar-refractivity contribution in [3.63, 3.8) is 0 Å². The van der Waals surface area contributed by atoms with Gasteiger partial charge in [-0.3, -0.25) is 0 Å². The summed E-state index contributed by atoms with van der Waals surface area (Å²) >= 11 is 5.80. The van der Waals surface area contributed by atoms with Gasteiger partial charge in [-0.25, -0.2) is 0 Å². The van der Waals surface area contributed by atoms with Crippen LogP contribution in [0, 0.1) is 5.92 Å². The lowest BCUT2D eigenvalue weighted by Gasteiger charge is -2.14. The number of hydrogen-bond acceptors (Lipinski definition) is 0. The van der Waals surface area contributed by atoms with Gasteiger partial charge in [0.25, 0.3) is 0 Å². The Bertz CT molecular complexity index is 89.8. The number of alkyl halides is 1. The first-order valence-electron chi connectivity index (χ1n) is 5.30. The van der Waals surface area contributed by atoms with Crippen molar-refractivity contribution in [2.45, 2.75) is 52.6 Å². The van der Waals surface area contributed by atoms with Crippen LogP contribution in [0.3, 0.4) is 0 Å².